The van der Waals surface area contributed by atoms with Crippen molar-refractivity contribution in [1.82, 2.24) is 9.97 Å². The minimum absolute atomic E-state index is 1.20. The third-order valence-corrected chi connectivity index (χ3v) is 2.92. The fraction of sp³-hybridized carbons (Fsp3) is 0.0714. The first-order valence-electron chi connectivity index (χ1n) is 5.33. The Morgan fingerprint density at radius 3 is 2.69 bits per heavy atom. The second-order valence-corrected chi connectivity index (χ2v) is 3.94. The zero-order valence-electron chi connectivity index (χ0n) is 9.07. The Morgan fingerprint density at radius 1 is 1.06 bits per heavy atom. The molecule has 0 saturated heterocycles. The molecule has 3 aromatic rings. The number of para-hydroxylation sites is 1. The number of nitrogens with zero attached hydrogens (tertiary/aromatic N) is 1. The normalized spacial score (nSPS) is 10.8. The van der Waals surface area contributed by atoms with Crippen molar-refractivity contribution in [3.8, 4) is 11.1 Å². The maximum Gasteiger partial charge on any atom is 0.0490 e. The molecule has 16 heavy (non-hydrogen) atoms. The van der Waals surface area contributed by atoms with Crippen LogP contribution in [0.5, 0.6) is 0 Å². The first-order chi connectivity index (χ1) is 7.86. The number of pyridine rings is 1. The van der Waals surface area contributed by atoms with E-state index in [2.05, 4.69) is 41.3 Å². The van der Waals surface area contributed by atoms with Crippen molar-refractivity contribution in [2.24, 2.45) is 0 Å². The highest BCUT2D eigenvalue weighted by Crippen LogP contribution is 2.29. The van der Waals surface area contributed by atoms with E-state index in [9.17, 15) is 0 Å². The highest BCUT2D eigenvalue weighted by Gasteiger charge is 2.06. The quantitative estimate of drug-likeness (QED) is 0.651. The summed E-state index contributed by atoms with van der Waals surface area (Å²) in [5.74, 6) is 0. The molecule has 0 radical (unpaired) electrons. The van der Waals surface area contributed by atoms with Gasteiger partial charge in [-0.15, -0.1) is 0 Å². The van der Waals surface area contributed by atoms with Crippen molar-refractivity contribution in [2.75, 3.05) is 0 Å². The Labute approximate surface area is 94.0 Å². The molecule has 1 N–H and O–H groups in total. The number of aromatic amines is 1. The lowest BCUT2D eigenvalue weighted by molar-refractivity contribution is 1.33. The summed E-state index contributed by atoms with van der Waals surface area (Å²) in [7, 11) is 0. The summed E-state index contributed by atoms with van der Waals surface area (Å²) >= 11 is 0. The molecule has 0 bridgehead atoms. The predicted octanol–water partition coefficient (Wildman–Crippen LogP) is 3.54. The van der Waals surface area contributed by atoms with Gasteiger partial charge < -0.3 is 4.98 Å². The topological polar surface area (TPSA) is 28.7 Å². The van der Waals surface area contributed by atoms with Crippen molar-refractivity contribution in [3.63, 3.8) is 0 Å². The van der Waals surface area contributed by atoms with Gasteiger partial charge in [-0.2, -0.15) is 0 Å². The molecule has 0 aliphatic heterocycles. The first-order valence-corrected chi connectivity index (χ1v) is 5.33. The second kappa shape index (κ2) is 3.49. The summed E-state index contributed by atoms with van der Waals surface area (Å²) in [6.07, 6.45) is 5.71. The lowest BCUT2D eigenvalue weighted by Gasteiger charge is -1.99. The summed E-state index contributed by atoms with van der Waals surface area (Å²) in [5.41, 5.74) is 4.93. The number of aryl methyl sites for hydroxylation is 1. The Bertz CT molecular complexity index is 624. The Balaban J connectivity index is 2.30. The maximum absolute atomic E-state index is 4.04. The van der Waals surface area contributed by atoms with Crippen LogP contribution in [-0.4, -0.2) is 9.97 Å². The molecule has 0 amide bonds. The van der Waals surface area contributed by atoms with E-state index in [1.807, 2.05) is 24.5 Å². The summed E-state index contributed by atoms with van der Waals surface area (Å²) < 4.78 is 0. The lowest BCUT2D eigenvalue weighted by Crippen LogP contribution is -1.77. The predicted molar refractivity (Wildman–Crippen MR) is 66.3 cm³/mol. The molecule has 2 nitrogen and oxygen atoms in total. The van der Waals surface area contributed by atoms with Crippen molar-refractivity contribution in [3.05, 3.63) is 54.5 Å². The molecule has 0 saturated carbocycles. The van der Waals surface area contributed by atoms with Crippen molar-refractivity contribution in [2.45, 2.75) is 6.92 Å². The van der Waals surface area contributed by atoms with Crippen LogP contribution in [0.3, 0.4) is 0 Å². The van der Waals surface area contributed by atoms with Crippen LogP contribution in [0.15, 0.2) is 48.9 Å². The van der Waals surface area contributed by atoms with E-state index in [0.29, 0.717) is 0 Å². The van der Waals surface area contributed by atoms with E-state index in [-0.39, 0.29) is 0 Å². The number of hydrogen-bond acceptors (Lipinski definition) is 1. The van der Waals surface area contributed by atoms with Crippen LogP contribution in [0.4, 0.5) is 0 Å². The van der Waals surface area contributed by atoms with Gasteiger partial charge in [-0.3, -0.25) is 4.98 Å². The van der Waals surface area contributed by atoms with Gasteiger partial charge in [0.15, 0.2) is 0 Å². The van der Waals surface area contributed by atoms with Crippen molar-refractivity contribution < 1.29 is 0 Å². The molecule has 0 spiro atoms. The summed E-state index contributed by atoms with van der Waals surface area (Å²) in [4.78, 5) is 7.38. The number of fused-ring (bicyclic) bond motifs is 1. The molecule has 0 unspecified atom stereocenters. The average Bonchev–Trinajstić information content (AvgIpc) is 2.75. The zero-order chi connectivity index (χ0) is 11.0. The van der Waals surface area contributed by atoms with Gasteiger partial charge in [0.05, 0.1) is 0 Å². The summed E-state index contributed by atoms with van der Waals surface area (Å²) in [6, 6.07) is 10.4. The fourth-order valence-corrected chi connectivity index (χ4v) is 2.08. The van der Waals surface area contributed by atoms with E-state index < -0.39 is 0 Å². The molecular weight excluding hydrogens is 196 g/mol. The Hall–Kier alpha value is -2.09. The highest BCUT2D eigenvalue weighted by atomic mass is 14.7. The van der Waals surface area contributed by atoms with E-state index in [1.54, 1.807) is 0 Å². The molecule has 78 valence electrons. The van der Waals surface area contributed by atoms with Crippen molar-refractivity contribution >= 4 is 10.9 Å². The van der Waals surface area contributed by atoms with Crippen LogP contribution in [-0.2, 0) is 0 Å². The van der Waals surface area contributed by atoms with Gasteiger partial charge in [0.25, 0.3) is 0 Å². The highest BCUT2D eigenvalue weighted by molar-refractivity contribution is 5.96. The van der Waals surface area contributed by atoms with Gasteiger partial charge in [-0.05, 0) is 30.2 Å². The van der Waals surface area contributed by atoms with Crippen molar-refractivity contribution in [1.29, 1.82) is 0 Å². The van der Waals surface area contributed by atoms with Gasteiger partial charge in [0.1, 0.15) is 0 Å². The number of hydrogen-bond donors (Lipinski definition) is 1. The van der Waals surface area contributed by atoms with Crippen LogP contribution >= 0.6 is 0 Å². The van der Waals surface area contributed by atoms with Crippen LogP contribution in [0.25, 0.3) is 22.0 Å². The smallest absolute Gasteiger partial charge is 0.0490 e. The minimum Gasteiger partial charge on any atom is -0.360 e. The standard InChI is InChI=1S/C14H12N2/c1-10-3-2-4-12-13(9-16-14(10)12)11-5-7-15-8-6-11/h2-9,16H,1H3. The number of aromatic nitrogens is 2. The van der Waals surface area contributed by atoms with Crippen LogP contribution < -0.4 is 0 Å². The molecule has 2 heterocycles. The number of benzene rings is 1. The van der Waals surface area contributed by atoms with Crippen LogP contribution in [0, 0.1) is 6.92 Å². The molecule has 0 atom stereocenters. The molecule has 0 aliphatic carbocycles. The van der Waals surface area contributed by atoms with Gasteiger partial charge in [-0.25, -0.2) is 0 Å². The maximum atomic E-state index is 4.04. The zero-order valence-corrected chi connectivity index (χ0v) is 9.07. The van der Waals surface area contributed by atoms with E-state index >= 15 is 0 Å². The third kappa shape index (κ3) is 1.31. The number of nitrogens with one attached hydrogen (secondary N) is 1. The average molecular weight is 208 g/mol. The molecule has 1 aromatic carbocycles. The fourth-order valence-electron chi connectivity index (χ4n) is 2.08. The molecule has 0 fully saturated rings. The summed E-state index contributed by atoms with van der Waals surface area (Å²) in [5, 5.41) is 1.27. The largest absolute Gasteiger partial charge is 0.360 e. The van der Waals surface area contributed by atoms with E-state index in [4.69, 9.17) is 0 Å². The minimum atomic E-state index is 1.20. The van der Waals surface area contributed by atoms with Crippen LogP contribution in [0.2, 0.25) is 0 Å². The van der Waals surface area contributed by atoms with E-state index in [1.165, 1.54) is 27.6 Å². The SMILES string of the molecule is Cc1cccc2c(-c3ccncc3)c[nH]c12. The number of rotatable bonds is 1. The Morgan fingerprint density at radius 2 is 1.88 bits per heavy atom. The second-order valence-electron chi connectivity index (χ2n) is 3.94. The molecular formula is C14H12N2. The van der Waals surface area contributed by atoms with Gasteiger partial charge in [0.2, 0.25) is 0 Å². The lowest BCUT2D eigenvalue weighted by atomic mass is 10.0. The molecule has 3 rings (SSSR count). The van der Waals surface area contributed by atoms with E-state index in [0.717, 1.165) is 0 Å². The van der Waals surface area contributed by atoms with Crippen LogP contribution in [0.1, 0.15) is 5.56 Å². The van der Waals surface area contributed by atoms with Gasteiger partial charge in [0, 0.05) is 35.1 Å². The first kappa shape index (κ1) is 9.16. The van der Waals surface area contributed by atoms with Gasteiger partial charge >= 0.3 is 0 Å². The third-order valence-electron chi connectivity index (χ3n) is 2.92. The van der Waals surface area contributed by atoms with Gasteiger partial charge in [-0.1, -0.05) is 18.2 Å². The molecule has 2 heteroatoms. The Kier molecular flexibility index (Phi) is 2.00. The molecule has 0 aliphatic rings. The number of H-pyrrole nitrogens is 1. The molecule has 2 aromatic heterocycles. The monoisotopic (exact) mass is 208 g/mol. The summed E-state index contributed by atoms with van der Waals surface area (Å²) in [6.45, 7) is 2.12.